The van der Waals surface area contributed by atoms with Crippen molar-refractivity contribution in [2.45, 2.75) is 25.9 Å². The van der Waals surface area contributed by atoms with Gasteiger partial charge in [0.1, 0.15) is 11.6 Å². The van der Waals surface area contributed by atoms with Crippen LogP contribution in [0.25, 0.3) is 22.6 Å². The molecule has 1 N–H and O–H groups in total. The van der Waals surface area contributed by atoms with E-state index in [4.69, 9.17) is 4.98 Å². The van der Waals surface area contributed by atoms with E-state index in [1.165, 1.54) is 24.3 Å². The van der Waals surface area contributed by atoms with Crippen LogP contribution < -0.4 is 10.3 Å². The number of fused-ring (bicyclic) bond motifs is 1. The molecular weight excluding hydrogens is 457 g/mol. The van der Waals surface area contributed by atoms with Crippen molar-refractivity contribution in [2.75, 3.05) is 6.54 Å². The van der Waals surface area contributed by atoms with Crippen molar-refractivity contribution in [3.8, 4) is 28.4 Å². The van der Waals surface area contributed by atoms with Gasteiger partial charge in [-0.15, -0.1) is 13.2 Å². The van der Waals surface area contributed by atoms with Crippen molar-refractivity contribution in [3.05, 3.63) is 100 Å². The van der Waals surface area contributed by atoms with Crippen molar-refractivity contribution in [3.63, 3.8) is 0 Å². The fraction of sp³-hybridized carbons (Fsp3) is 0.192. The Balaban J connectivity index is 1.25. The van der Waals surface area contributed by atoms with E-state index in [1.54, 1.807) is 6.20 Å². The molecule has 0 bridgehead atoms. The number of halogens is 3. The number of alkyl halides is 3. The zero-order chi connectivity index (χ0) is 24.4. The summed E-state index contributed by atoms with van der Waals surface area (Å²) in [5, 5.41) is 0. The SMILES string of the molecule is O=c1[nH]c(-c2ccccc2)nc2c1CN(Cc1ccc(-c3ccc(OC(F)(F)F)cc3)nc1)CC2. The van der Waals surface area contributed by atoms with Crippen LogP contribution in [0, 0.1) is 0 Å². The Bertz CT molecular complexity index is 1370. The van der Waals surface area contributed by atoms with Gasteiger partial charge in [0.25, 0.3) is 5.56 Å². The zero-order valence-corrected chi connectivity index (χ0v) is 18.5. The molecule has 0 unspecified atom stereocenters. The van der Waals surface area contributed by atoms with E-state index in [9.17, 15) is 18.0 Å². The van der Waals surface area contributed by atoms with Crippen molar-refractivity contribution in [2.24, 2.45) is 0 Å². The summed E-state index contributed by atoms with van der Waals surface area (Å²) in [6.07, 6.45) is -2.30. The second-order valence-corrected chi connectivity index (χ2v) is 8.29. The molecule has 6 nitrogen and oxygen atoms in total. The van der Waals surface area contributed by atoms with Gasteiger partial charge in [0, 0.05) is 43.4 Å². The summed E-state index contributed by atoms with van der Waals surface area (Å²) in [6, 6.07) is 18.9. The Labute approximate surface area is 199 Å². The summed E-state index contributed by atoms with van der Waals surface area (Å²) in [5.74, 6) is 0.309. The molecule has 3 heterocycles. The van der Waals surface area contributed by atoms with Crippen molar-refractivity contribution >= 4 is 0 Å². The monoisotopic (exact) mass is 478 g/mol. The van der Waals surface area contributed by atoms with Gasteiger partial charge in [-0.25, -0.2) is 4.98 Å². The summed E-state index contributed by atoms with van der Waals surface area (Å²) in [6.45, 7) is 1.88. The highest BCUT2D eigenvalue weighted by molar-refractivity contribution is 5.60. The third kappa shape index (κ3) is 5.41. The molecule has 2 aromatic carbocycles. The van der Waals surface area contributed by atoms with E-state index in [2.05, 4.69) is 19.6 Å². The molecule has 1 aliphatic heterocycles. The van der Waals surface area contributed by atoms with E-state index < -0.39 is 6.36 Å². The van der Waals surface area contributed by atoms with Crippen LogP contribution in [0.4, 0.5) is 13.2 Å². The lowest BCUT2D eigenvalue weighted by Gasteiger charge is -2.27. The van der Waals surface area contributed by atoms with Gasteiger partial charge in [-0.1, -0.05) is 36.4 Å². The molecule has 0 saturated heterocycles. The molecule has 9 heteroatoms. The highest BCUT2D eigenvalue weighted by atomic mass is 19.4. The first kappa shape index (κ1) is 22.8. The van der Waals surface area contributed by atoms with Crippen LogP contribution in [0.1, 0.15) is 16.8 Å². The highest BCUT2D eigenvalue weighted by Gasteiger charge is 2.31. The Hall–Kier alpha value is -3.98. The summed E-state index contributed by atoms with van der Waals surface area (Å²) in [7, 11) is 0. The molecular formula is C26H21F3N4O2. The average molecular weight is 478 g/mol. The number of pyridine rings is 1. The van der Waals surface area contributed by atoms with Gasteiger partial charge in [-0.3, -0.25) is 14.7 Å². The number of aromatic nitrogens is 3. The number of nitrogens with zero attached hydrogens (tertiary/aromatic N) is 3. The molecule has 2 aromatic heterocycles. The first-order valence-electron chi connectivity index (χ1n) is 11.0. The third-order valence-corrected chi connectivity index (χ3v) is 5.81. The van der Waals surface area contributed by atoms with Crippen LogP contribution in [-0.2, 0) is 19.5 Å². The topological polar surface area (TPSA) is 71.1 Å². The minimum atomic E-state index is -4.72. The largest absolute Gasteiger partial charge is 0.573 e. The summed E-state index contributed by atoms with van der Waals surface area (Å²) in [5.41, 5.74) is 4.57. The van der Waals surface area contributed by atoms with Gasteiger partial charge in [-0.05, 0) is 35.9 Å². The highest BCUT2D eigenvalue weighted by Crippen LogP contribution is 2.26. The smallest absolute Gasteiger partial charge is 0.406 e. The van der Waals surface area contributed by atoms with Gasteiger partial charge in [0.2, 0.25) is 0 Å². The molecule has 178 valence electrons. The Morgan fingerprint density at radius 1 is 0.971 bits per heavy atom. The van der Waals surface area contributed by atoms with Crippen LogP contribution in [0.2, 0.25) is 0 Å². The molecule has 0 atom stereocenters. The predicted molar refractivity (Wildman–Crippen MR) is 124 cm³/mol. The number of hydrogen-bond donors (Lipinski definition) is 1. The van der Waals surface area contributed by atoms with E-state index in [-0.39, 0.29) is 11.3 Å². The normalized spacial score (nSPS) is 13.9. The van der Waals surface area contributed by atoms with Crippen molar-refractivity contribution in [1.29, 1.82) is 0 Å². The maximum atomic E-state index is 12.8. The Morgan fingerprint density at radius 2 is 1.74 bits per heavy atom. The average Bonchev–Trinajstić information content (AvgIpc) is 2.85. The minimum Gasteiger partial charge on any atom is -0.406 e. The van der Waals surface area contributed by atoms with Crippen LogP contribution in [-0.4, -0.2) is 32.8 Å². The lowest BCUT2D eigenvalue weighted by Crippen LogP contribution is -2.35. The summed E-state index contributed by atoms with van der Waals surface area (Å²) < 4.78 is 40.9. The number of aromatic amines is 1. The van der Waals surface area contributed by atoms with Crippen molar-refractivity contribution in [1.82, 2.24) is 19.9 Å². The fourth-order valence-electron chi connectivity index (χ4n) is 4.12. The minimum absolute atomic E-state index is 0.120. The van der Waals surface area contributed by atoms with Crippen LogP contribution >= 0.6 is 0 Å². The van der Waals surface area contributed by atoms with Gasteiger partial charge >= 0.3 is 6.36 Å². The Morgan fingerprint density at radius 3 is 2.43 bits per heavy atom. The van der Waals surface area contributed by atoms with Crippen LogP contribution in [0.3, 0.4) is 0 Å². The number of ether oxygens (including phenoxy) is 1. The lowest BCUT2D eigenvalue weighted by atomic mass is 10.1. The van der Waals surface area contributed by atoms with Gasteiger partial charge in [0.05, 0.1) is 17.0 Å². The molecule has 4 aromatic rings. The Kier molecular flexibility index (Phi) is 6.08. The molecule has 0 aliphatic carbocycles. The molecule has 0 radical (unpaired) electrons. The molecule has 0 saturated carbocycles. The van der Waals surface area contributed by atoms with E-state index >= 15 is 0 Å². The van der Waals surface area contributed by atoms with E-state index in [0.717, 1.165) is 23.4 Å². The number of nitrogens with one attached hydrogen (secondary N) is 1. The first-order chi connectivity index (χ1) is 16.8. The number of benzene rings is 2. The second kappa shape index (κ2) is 9.34. The third-order valence-electron chi connectivity index (χ3n) is 5.81. The zero-order valence-electron chi connectivity index (χ0n) is 18.5. The quantitative estimate of drug-likeness (QED) is 0.439. The molecule has 35 heavy (non-hydrogen) atoms. The van der Waals surface area contributed by atoms with Crippen LogP contribution in [0.5, 0.6) is 5.75 Å². The fourth-order valence-corrected chi connectivity index (χ4v) is 4.12. The molecule has 1 aliphatic rings. The summed E-state index contributed by atoms with van der Waals surface area (Å²) in [4.78, 5) is 27.0. The van der Waals surface area contributed by atoms with E-state index in [0.29, 0.717) is 42.2 Å². The molecule has 5 rings (SSSR count). The maximum absolute atomic E-state index is 12.8. The number of rotatable bonds is 5. The van der Waals surface area contributed by atoms with Crippen molar-refractivity contribution < 1.29 is 17.9 Å². The first-order valence-corrected chi connectivity index (χ1v) is 11.0. The molecule has 0 spiro atoms. The molecule has 0 amide bonds. The molecule has 0 fully saturated rings. The number of H-pyrrole nitrogens is 1. The van der Waals surface area contributed by atoms with Crippen LogP contribution in [0.15, 0.2) is 77.7 Å². The van der Waals surface area contributed by atoms with Gasteiger partial charge in [0.15, 0.2) is 0 Å². The standard InChI is InChI=1S/C26H21F3N4O2/c27-26(28,29)35-20-9-7-18(8-10-20)22-11-6-17(14-30-22)15-33-13-12-23-21(16-33)25(34)32-24(31-23)19-4-2-1-3-5-19/h1-11,14H,12-13,15-16H2,(H,31,32,34). The maximum Gasteiger partial charge on any atom is 0.573 e. The van der Waals surface area contributed by atoms with Gasteiger partial charge < -0.3 is 9.72 Å². The lowest BCUT2D eigenvalue weighted by molar-refractivity contribution is -0.274. The summed E-state index contributed by atoms with van der Waals surface area (Å²) >= 11 is 0. The van der Waals surface area contributed by atoms with Gasteiger partial charge in [-0.2, -0.15) is 0 Å². The van der Waals surface area contributed by atoms with E-state index in [1.807, 2.05) is 42.5 Å². The predicted octanol–water partition coefficient (Wildman–Crippen LogP) is 4.96. The number of hydrogen-bond acceptors (Lipinski definition) is 5. The second-order valence-electron chi connectivity index (χ2n) is 8.29.